The van der Waals surface area contributed by atoms with Gasteiger partial charge in [-0.05, 0) is 42.3 Å². The summed E-state index contributed by atoms with van der Waals surface area (Å²) in [5.41, 5.74) is 10.1. The summed E-state index contributed by atoms with van der Waals surface area (Å²) in [5.74, 6) is 0.477. The maximum absolute atomic E-state index is 6.06. The van der Waals surface area contributed by atoms with Gasteiger partial charge in [0.15, 0.2) is 0 Å². The zero-order valence-electron chi connectivity index (χ0n) is 10.6. The van der Waals surface area contributed by atoms with Crippen LogP contribution in [0.5, 0.6) is 0 Å². The van der Waals surface area contributed by atoms with E-state index in [1.54, 1.807) is 0 Å². The number of aromatic nitrogens is 2. The number of aryl methyl sites for hydroxylation is 1. The molecule has 0 atom stereocenters. The van der Waals surface area contributed by atoms with Crippen LogP contribution in [-0.4, -0.2) is 9.55 Å². The average molecular weight is 272 g/mol. The van der Waals surface area contributed by atoms with Crippen molar-refractivity contribution in [3.8, 4) is 5.69 Å². The topological polar surface area (TPSA) is 43.8 Å². The molecule has 2 N–H and O–H groups in total. The Morgan fingerprint density at radius 3 is 2.84 bits per heavy atom. The van der Waals surface area contributed by atoms with Crippen LogP contribution in [0.4, 0.5) is 5.95 Å². The van der Waals surface area contributed by atoms with Gasteiger partial charge >= 0.3 is 0 Å². The molecule has 0 saturated carbocycles. The van der Waals surface area contributed by atoms with Gasteiger partial charge in [0.05, 0.1) is 11.0 Å². The van der Waals surface area contributed by atoms with E-state index < -0.39 is 0 Å². The number of halogens is 1. The summed E-state index contributed by atoms with van der Waals surface area (Å²) in [6.45, 7) is 2.13. The first kappa shape index (κ1) is 12.1. The van der Waals surface area contributed by atoms with Crippen LogP contribution in [0.15, 0.2) is 42.5 Å². The number of anilines is 1. The second-order valence-electron chi connectivity index (χ2n) is 4.46. The number of benzene rings is 2. The van der Waals surface area contributed by atoms with Crippen LogP contribution in [0, 0.1) is 0 Å². The molecule has 3 nitrogen and oxygen atoms in total. The fourth-order valence-corrected chi connectivity index (χ4v) is 2.42. The lowest BCUT2D eigenvalue weighted by molar-refractivity contribution is 1.08. The molecular weight excluding hydrogens is 258 g/mol. The van der Waals surface area contributed by atoms with E-state index in [2.05, 4.69) is 24.0 Å². The van der Waals surface area contributed by atoms with Gasteiger partial charge in [-0.1, -0.05) is 30.7 Å². The van der Waals surface area contributed by atoms with Crippen LogP contribution in [-0.2, 0) is 6.42 Å². The largest absolute Gasteiger partial charge is 0.369 e. The molecular formula is C15H14ClN3. The zero-order chi connectivity index (χ0) is 13.4. The van der Waals surface area contributed by atoms with E-state index in [9.17, 15) is 0 Å². The molecule has 0 unspecified atom stereocenters. The molecule has 0 spiro atoms. The molecule has 4 heteroatoms. The first-order valence-electron chi connectivity index (χ1n) is 6.22. The van der Waals surface area contributed by atoms with Crippen LogP contribution < -0.4 is 5.73 Å². The van der Waals surface area contributed by atoms with Crippen molar-refractivity contribution < 1.29 is 0 Å². The minimum Gasteiger partial charge on any atom is -0.369 e. The zero-order valence-corrected chi connectivity index (χ0v) is 11.4. The third kappa shape index (κ3) is 2.06. The Morgan fingerprint density at radius 2 is 2.05 bits per heavy atom. The molecule has 0 bridgehead atoms. The van der Waals surface area contributed by atoms with Gasteiger partial charge in [-0.15, -0.1) is 0 Å². The number of nitrogen functional groups attached to an aromatic ring is 1. The molecule has 0 radical (unpaired) electrons. The molecule has 0 amide bonds. The van der Waals surface area contributed by atoms with Crippen molar-refractivity contribution in [1.82, 2.24) is 9.55 Å². The van der Waals surface area contributed by atoms with E-state index >= 15 is 0 Å². The molecule has 19 heavy (non-hydrogen) atoms. The summed E-state index contributed by atoms with van der Waals surface area (Å²) in [6.07, 6.45) is 0.987. The minimum absolute atomic E-state index is 0.477. The van der Waals surface area contributed by atoms with E-state index in [1.807, 2.05) is 34.9 Å². The van der Waals surface area contributed by atoms with Crippen molar-refractivity contribution in [2.24, 2.45) is 0 Å². The first-order chi connectivity index (χ1) is 9.19. The van der Waals surface area contributed by atoms with E-state index in [4.69, 9.17) is 17.3 Å². The third-order valence-corrected chi connectivity index (χ3v) is 3.45. The average Bonchev–Trinajstić information content (AvgIpc) is 2.74. The molecule has 2 aromatic carbocycles. The number of nitrogens with zero attached hydrogens (tertiary/aromatic N) is 2. The Morgan fingerprint density at radius 1 is 1.21 bits per heavy atom. The van der Waals surface area contributed by atoms with Crippen molar-refractivity contribution >= 4 is 28.6 Å². The standard InChI is InChI=1S/C15H14ClN3/c1-2-10-4-3-5-12(8-10)19-14-9-11(16)6-7-13(14)18-15(19)17/h3-9H,2H2,1H3,(H2,17,18). The quantitative estimate of drug-likeness (QED) is 0.770. The molecule has 1 aromatic heterocycles. The summed E-state index contributed by atoms with van der Waals surface area (Å²) < 4.78 is 1.93. The molecule has 0 fully saturated rings. The fourth-order valence-electron chi connectivity index (χ4n) is 2.25. The highest BCUT2D eigenvalue weighted by molar-refractivity contribution is 6.31. The van der Waals surface area contributed by atoms with E-state index in [0.29, 0.717) is 11.0 Å². The lowest BCUT2D eigenvalue weighted by atomic mass is 10.1. The lowest BCUT2D eigenvalue weighted by Crippen LogP contribution is -2.01. The van der Waals surface area contributed by atoms with Crippen molar-refractivity contribution in [2.75, 3.05) is 5.73 Å². The van der Waals surface area contributed by atoms with Crippen LogP contribution >= 0.6 is 11.6 Å². The van der Waals surface area contributed by atoms with Crippen LogP contribution in [0.1, 0.15) is 12.5 Å². The van der Waals surface area contributed by atoms with E-state index in [0.717, 1.165) is 23.1 Å². The van der Waals surface area contributed by atoms with Gasteiger partial charge in [-0.3, -0.25) is 4.57 Å². The van der Waals surface area contributed by atoms with E-state index in [1.165, 1.54) is 5.56 Å². The fraction of sp³-hybridized carbons (Fsp3) is 0.133. The Kier molecular flexibility index (Phi) is 2.91. The van der Waals surface area contributed by atoms with Gasteiger partial charge in [-0.2, -0.15) is 0 Å². The van der Waals surface area contributed by atoms with E-state index in [-0.39, 0.29) is 0 Å². The highest BCUT2D eigenvalue weighted by Gasteiger charge is 2.10. The maximum Gasteiger partial charge on any atom is 0.205 e. The molecule has 3 rings (SSSR count). The molecule has 0 aliphatic rings. The molecule has 0 aliphatic heterocycles. The Hall–Kier alpha value is -2.00. The number of fused-ring (bicyclic) bond motifs is 1. The summed E-state index contributed by atoms with van der Waals surface area (Å²) >= 11 is 6.06. The van der Waals surface area contributed by atoms with Crippen LogP contribution in [0.2, 0.25) is 5.02 Å². The van der Waals surface area contributed by atoms with Crippen molar-refractivity contribution in [3.63, 3.8) is 0 Å². The first-order valence-corrected chi connectivity index (χ1v) is 6.59. The normalized spacial score (nSPS) is 11.1. The van der Waals surface area contributed by atoms with Crippen molar-refractivity contribution in [3.05, 3.63) is 53.1 Å². The van der Waals surface area contributed by atoms with Crippen molar-refractivity contribution in [1.29, 1.82) is 0 Å². The Balaban J connectivity index is 2.28. The summed E-state index contributed by atoms with van der Waals surface area (Å²) in [4.78, 5) is 4.37. The maximum atomic E-state index is 6.06. The highest BCUT2D eigenvalue weighted by atomic mass is 35.5. The minimum atomic E-state index is 0.477. The molecule has 0 aliphatic carbocycles. The number of imidazole rings is 1. The monoisotopic (exact) mass is 271 g/mol. The van der Waals surface area contributed by atoms with Gasteiger partial charge in [0.2, 0.25) is 5.95 Å². The number of rotatable bonds is 2. The summed E-state index contributed by atoms with van der Waals surface area (Å²) in [5, 5.41) is 0.681. The molecule has 96 valence electrons. The second kappa shape index (κ2) is 4.59. The van der Waals surface area contributed by atoms with Gasteiger partial charge in [-0.25, -0.2) is 4.98 Å². The number of nitrogens with two attached hydrogens (primary N) is 1. The lowest BCUT2D eigenvalue weighted by Gasteiger charge is -2.08. The Bertz CT molecular complexity index is 746. The highest BCUT2D eigenvalue weighted by Crippen LogP contribution is 2.26. The van der Waals surface area contributed by atoms with Crippen LogP contribution in [0.3, 0.4) is 0 Å². The SMILES string of the molecule is CCc1cccc(-n2c(N)nc3ccc(Cl)cc32)c1. The molecule has 1 heterocycles. The molecule has 3 aromatic rings. The number of hydrogen-bond acceptors (Lipinski definition) is 2. The molecule has 0 saturated heterocycles. The Labute approximate surface area is 116 Å². The third-order valence-electron chi connectivity index (χ3n) is 3.22. The number of hydrogen-bond donors (Lipinski definition) is 1. The summed E-state index contributed by atoms with van der Waals surface area (Å²) in [7, 11) is 0. The van der Waals surface area contributed by atoms with Gasteiger partial charge < -0.3 is 5.73 Å². The predicted molar refractivity (Wildman–Crippen MR) is 79.9 cm³/mol. The predicted octanol–water partition coefficient (Wildman–Crippen LogP) is 3.82. The van der Waals surface area contributed by atoms with Crippen LogP contribution in [0.25, 0.3) is 16.7 Å². The van der Waals surface area contributed by atoms with Gasteiger partial charge in [0.25, 0.3) is 0 Å². The smallest absolute Gasteiger partial charge is 0.205 e. The summed E-state index contributed by atoms with van der Waals surface area (Å²) in [6, 6.07) is 13.9. The van der Waals surface area contributed by atoms with Crippen molar-refractivity contribution in [2.45, 2.75) is 13.3 Å². The van der Waals surface area contributed by atoms with Gasteiger partial charge in [0.1, 0.15) is 0 Å². The second-order valence-corrected chi connectivity index (χ2v) is 4.90. The van der Waals surface area contributed by atoms with Gasteiger partial charge in [0, 0.05) is 10.7 Å².